The molecule has 2 aromatic carbocycles. The third-order valence-corrected chi connectivity index (χ3v) is 3.55. The number of rotatable bonds is 7. The minimum Gasteiger partial charge on any atom is -0.505 e. The number of nitrogens with zero attached hydrogens (tertiary/aromatic N) is 1. The Kier molecular flexibility index (Phi) is 13.6. The van der Waals surface area contributed by atoms with Gasteiger partial charge in [0.1, 0.15) is 17.8 Å². The number of aromatic hydroxyl groups is 1. The summed E-state index contributed by atoms with van der Waals surface area (Å²) in [5, 5.41) is 21.5. The van der Waals surface area contributed by atoms with Crippen molar-refractivity contribution in [1.82, 2.24) is 10.9 Å². The highest BCUT2D eigenvalue weighted by Crippen LogP contribution is 2.29. The Morgan fingerprint density at radius 3 is 2.45 bits per heavy atom. The number of phenolic OH excluding ortho intramolecular Hbond substituents is 1. The van der Waals surface area contributed by atoms with Crippen LogP contribution in [-0.2, 0) is 4.79 Å². The summed E-state index contributed by atoms with van der Waals surface area (Å²) in [6.45, 7) is 4.62. The van der Waals surface area contributed by atoms with Crippen molar-refractivity contribution >= 4 is 18.4 Å². The van der Waals surface area contributed by atoms with E-state index in [1.807, 2.05) is 6.07 Å². The maximum absolute atomic E-state index is 10.2. The number of aldehydes is 1. The van der Waals surface area contributed by atoms with E-state index in [0.717, 1.165) is 19.3 Å². The van der Waals surface area contributed by atoms with Crippen molar-refractivity contribution in [1.29, 1.82) is 5.26 Å². The van der Waals surface area contributed by atoms with Crippen molar-refractivity contribution in [2.45, 2.75) is 20.3 Å². The van der Waals surface area contributed by atoms with Crippen molar-refractivity contribution < 1.29 is 19.4 Å². The van der Waals surface area contributed by atoms with Crippen LogP contribution in [0.4, 0.5) is 5.69 Å². The number of methoxy groups -OCH3 is 1. The first-order valence-electron chi connectivity index (χ1n) is 8.90. The maximum Gasteiger partial charge on any atom is 0.221 e. The largest absolute Gasteiger partial charge is 0.505 e. The lowest BCUT2D eigenvalue weighted by Crippen LogP contribution is -2.24. The number of hydrogen-bond acceptors (Lipinski definition) is 7. The van der Waals surface area contributed by atoms with Crippen LogP contribution in [0.5, 0.6) is 11.5 Å². The number of phenols is 1. The molecule has 0 unspecified atom stereocenters. The van der Waals surface area contributed by atoms with Gasteiger partial charge in [0, 0.05) is 24.7 Å². The number of nitrogens with one attached hydrogen (secondary N) is 3. The molecule has 0 atom stereocenters. The van der Waals surface area contributed by atoms with Gasteiger partial charge in [-0.15, -0.1) is 0 Å². The van der Waals surface area contributed by atoms with Crippen LogP contribution in [0, 0.1) is 18.3 Å². The Morgan fingerprint density at radius 1 is 1.24 bits per heavy atom. The Morgan fingerprint density at radius 2 is 1.97 bits per heavy atom. The van der Waals surface area contributed by atoms with Gasteiger partial charge >= 0.3 is 0 Å². The molecule has 29 heavy (non-hydrogen) atoms. The summed E-state index contributed by atoms with van der Waals surface area (Å²) in [5.41, 5.74) is 7.07. The molecule has 0 heterocycles. The molecule has 8 heteroatoms. The van der Waals surface area contributed by atoms with Gasteiger partial charge in [0.2, 0.25) is 6.41 Å². The third kappa shape index (κ3) is 9.79. The van der Waals surface area contributed by atoms with E-state index in [2.05, 4.69) is 23.1 Å². The number of ether oxygens (including phenoxy) is 1. The molecule has 0 spiro atoms. The number of amides is 1. The fourth-order valence-corrected chi connectivity index (χ4v) is 2.00. The average Bonchev–Trinajstić information content (AvgIpc) is 2.76. The topological polar surface area (TPSA) is 123 Å². The predicted octanol–water partition coefficient (Wildman–Crippen LogP) is 2.77. The first-order valence-corrected chi connectivity index (χ1v) is 8.90. The van der Waals surface area contributed by atoms with Gasteiger partial charge < -0.3 is 15.2 Å². The molecule has 4 N–H and O–H groups in total. The van der Waals surface area contributed by atoms with Crippen molar-refractivity contribution in [2.24, 2.45) is 0 Å². The quantitative estimate of drug-likeness (QED) is 0.320. The standard InChI is InChI=1S/C11H14N2O.C8H8O2.C2H6N2O/c1-3-6-13-10-5-4-9(7-12)8(2)11(10)14;1-10-8-4-2-3-7(5-8)6-9;1-3-4-2-5/h4-5,13-14H,3,6H2,1-2H3;2-6H,1H3;2-3H,1H3,(H,4,5). The SMILES string of the molecule is CCCNc1ccc(C#N)c(C)c1O.CNNC=O.COc1cccc(C=O)c1. The van der Waals surface area contributed by atoms with E-state index in [9.17, 15) is 14.7 Å². The molecule has 0 radical (unpaired) electrons. The molecule has 0 saturated heterocycles. The first kappa shape index (κ1) is 25.4. The zero-order valence-electron chi connectivity index (χ0n) is 17.2. The fraction of sp³-hybridized carbons (Fsp3) is 0.286. The second kappa shape index (κ2) is 15.5. The van der Waals surface area contributed by atoms with Gasteiger partial charge in [-0.05, 0) is 37.6 Å². The number of hydrogen-bond donors (Lipinski definition) is 4. The zero-order valence-corrected chi connectivity index (χ0v) is 17.2. The van der Waals surface area contributed by atoms with E-state index in [-0.39, 0.29) is 5.75 Å². The van der Waals surface area contributed by atoms with E-state index in [1.54, 1.807) is 57.5 Å². The molecule has 0 saturated carbocycles. The Labute approximate surface area is 171 Å². The monoisotopic (exact) mass is 400 g/mol. The van der Waals surface area contributed by atoms with Crippen LogP contribution in [0.2, 0.25) is 0 Å². The smallest absolute Gasteiger partial charge is 0.221 e. The lowest BCUT2D eigenvalue weighted by molar-refractivity contribution is -0.110. The summed E-state index contributed by atoms with van der Waals surface area (Å²) >= 11 is 0. The number of nitriles is 1. The summed E-state index contributed by atoms with van der Waals surface area (Å²) in [5.74, 6) is 0.891. The first-order chi connectivity index (χ1) is 14.0. The normalized spacial score (nSPS) is 8.79. The predicted molar refractivity (Wildman–Crippen MR) is 113 cm³/mol. The lowest BCUT2D eigenvalue weighted by atomic mass is 10.1. The molecular weight excluding hydrogens is 372 g/mol. The molecule has 156 valence electrons. The Hall–Kier alpha value is -3.57. The molecule has 2 aromatic rings. The van der Waals surface area contributed by atoms with Crippen LogP contribution < -0.4 is 20.9 Å². The molecule has 8 nitrogen and oxygen atoms in total. The molecule has 0 bridgehead atoms. The van der Waals surface area contributed by atoms with E-state index < -0.39 is 0 Å². The molecule has 0 aromatic heterocycles. The van der Waals surface area contributed by atoms with E-state index in [0.29, 0.717) is 34.5 Å². The number of carbonyl (C=O) groups excluding carboxylic acids is 2. The summed E-state index contributed by atoms with van der Waals surface area (Å²) in [7, 11) is 3.19. The minimum absolute atomic E-state index is 0.178. The number of benzene rings is 2. The van der Waals surface area contributed by atoms with Gasteiger partial charge in [-0.2, -0.15) is 5.26 Å². The molecular formula is C21H28N4O4. The molecule has 2 rings (SSSR count). The summed E-state index contributed by atoms with van der Waals surface area (Å²) in [6.07, 6.45) is 2.36. The van der Waals surface area contributed by atoms with Gasteiger partial charge in [0.15, 0.2) is 0 Å². The molecule has 0 aliphatic heterocycles. The Bertz CT molecular complexity index is 804. The number of carbonyl (C=O) groups is 2. The van der Waals surface area contributed by atoms with E-state index >= 15 is 0 Å². The second-order valence-corrected chi connectivity index (χ2v) is 5.58. The zero-order chi connectivity index (χ0) is 22.1. The van der Waals surface area contributed by atoms with Crippen LogP contribution in [0.15, 0.2) is 36.4 Å². The average molecular weight is 400 g/mol. The van der Waals surface area contributed by atoms with Gasteiger partial charge in [-0.3, -0.25) is 15.0 Å². The molecule has 0 aliphatic carbocycles. The highest BCUT2D eigenvalue weighted by atomic mass is 16.5. The minimum atomic E-state index is 0.178. The Balaban J connectivity index is 0.000000455. The van der Waals surface area contributed by atoms with Gasteiger partial charge in [0.25, 0.3) is 0 Å². The molecule has 1 amide bonds. The van der Waals surface area contributed by atoms with Crippen molar-refractivity contribution in [3.05, 3.63) is 53.1 Å². The van der Waals surface area contributed by atoms with Crippen molar-refractivity contribution in [3.63, 3.8) is 0 Å². The van der Waals surface area contributed by atoms with Crippen molar-refractivity contribution in [2.75, 3.05) is 26.0 Å². The fourth-order valence-electron chi connectivity index (χ4n) is 2.00. The van der Waals surface area contributed by atoms with Gasteiger partial charge in [-0.1, -0.05) is 19.1 Å². The highest BCUT2D eigenvalue weighted by Gasteiger charge is 2.07. The third-order valence-electron chi connectivity index (χ3n) is 3.55. The summed E-state index contributed by atoms with van der Waals surface area (Å²) in [6, 6.07) is 12.5. The van der Waals surface area contributed by atoms with Crippen LogP contribution in [0.1, 0.15) is 34.8 Å². The van der Waals surface area contributed by atoms with Crippen LogP contribution in [-0.4, -0.2) is 38.5 Å². The van der Waals surface area contributed by atoms with E-state index in [4.69, 9.17) is 10.00 Å². The number of anilines is 1. The van der Waals surface area contributed by atoms with Crippen LogP contribution in [0.3, 0.4) is 0 Å². The van der Waals surface area contributed by atoms with Crippen molar-refractivity contribution in [3.8, 4) is 17.6 Å². The molecule has 0 fully saturated rings. The number of hydrazine groups is 1. The second-order valence-electron chi connectivity index (χ2n) is 5.58. The summed E-state index contributed by atoms with van der Waals surface area (Å²) < 4.78 is 4.90. The van der Waals surface area contributed by atoms with E-state index in [1.165, 1.54) is 0 Å². The lowest BCUT2D eigenvalue weighted by Gasteiger charge is -2.09. The van der Waals surface area contributed by atoms with Crippen LogP contribution >= 0.6 is 0 Å². The van der Waals surface area contributed by atoms with Crippen LogP contribution in [0.25, 0.3) is 0 Å². The van der Waals surface area contributed by atoms with Gasteiger partial charge in [0.05, 0.1) is 24.4 Å². The highest BCUT2D eigenvalue weighted by molar-refractivity contribution is 5.75. The van der Waals surface area contributed by atoms with Gasteiger partial charge in [-0.25, -0.2) is 5.43 Å². The maximum atomic E-state index is 10.2. The summed E-state index contributed by atoms with van der Waals surface area (Å²) in [4.78, 5) is 19.5. The molecule has 0 aliphatic rings.